The van der Waals surface area contributed by atoms with Gasteiger partial charge in [-0.3, -0.25) is 9.59 Å². The Kier molecular flexibility index (Phi) is 5.26. The third-order valence-corrected chi connectivity index (χ3v) is 5.79. The van der Waals surface area contributed by atoms with Crippen molar-refractivity contribution >= 4 is 11.8 Å². The molecular weight excluding hydrogens is 410 g/mol. The summed E-state index contributed by atoms with van der Waals surface area (Å²) in [7, 11) is 0. The van der Waals surface area contributed by atoms with Gasteiger partial charge in [0.05, 0.1) is 0 Å². The van der Waals surface area contributed by atoms with E-state index in [0.29, 0.717) is 54.7 Å². The fraction of sp³-hybridized carbons (Fsp3) is 0.292. The van der Waals surface area contributed by atoms with Gasteiger partial charge in [0.1, 0.15) is 23.6 Å². The van der Waals surface area contributed by atoms with Crippen LogP contribution in [0.4, 0.5) is 0 Å². The Labute approximate surface area is 185 Å². The summed E-state index contributed by atoms with van der Waals surface area (Å²) in [5.41, 5.74) is 1.84. The van der Waals surface area contributed by atoms with E-state index in [9.17, 15) is 9.59 Å². The first-order valence-corrected chi connectivity index (χ1v) is 10.6. The number of hydrogen-bond donors (Lipinski definition) is 0. The number of nitrogens with zero attached hydrogens (tertiary/aromatic N) is 3. The van der Waals surface area contributed by atoms with Crippen LogP contribution in [-0.4, -0.2) is 65.7 Å². The maximum atomic E-state index is 13.3. The number of para-hydroxylation sites is 2. The van der Waals surface area contributed by atoms with E-state index < -0.39 is 6.10 Å². The zero-order valence-corrected chi connectivity index (χ0v) is 17.7. The minimum Gasteiger partial charge on any atom is -0.485 e. The molecule has 2 amide bonds. The minimum absolute atomic E-state index is 0.127. The Morgan fingerprint density at radius 1 is 0.906 bits per heavy atom. The second-order valence-corrected chi connectivity index (χ2v) is 7.81. The van der Waals surface area contributed by atoms with Crippen molar-refractivity contribution in [1.29, 1.82) is 0 Å². The van der Waals surface area contributed by atoms with Crippen molar-refractivity contribution in [1.82, 2.24) is 15.0 Å². The van der Waals surface area contributed by atoms with Crippen molar-refractivity contribution in [2.75, 3.05) is 32.8 Å². The molecule has 164 valence electrons. The Morgan fingerprint density at radius 3 is 2.31 bits per heavy atom. The maximum Gasteiger partial charge on any atom is 0.267 e. The van der Waals surface area contributed by atoms with Crippen LogP contribution >= 0.6 is 0 Å². The van der Waals surface area contributed by atoms with Gasteiger partial charge in [-0.15, -0.1) is 0 Å². The van der Waals surface area contributed by atoms with Crippen LogP contribution in [0.3, 0.4) is 0 Å². The van der Waals surface area contributed by atoms with Crippen LogP contribution in [0, 0.1) is 6.92 Å². The second-order valence-electron chi connectivity index (χ2n) is 7.81. The summed E-state index contributed by atoms with van der Waals surface area (Å²) < 4.78 is 16.9. The number of carbonyl (C=O) groups is 2. The molecular formula is C24H23N3O5. The fourth-order valence-corrected chi connectivity index (χ4v) is 4.05. The van der Waals surface area contributed by atoms with Crippen molar-refractivity contribution in [3.63, 3.8) is 0 Å². The van der Waals surface area contributed by atoms with E-state index in [4.69, 9.17) is 14.0 Å². The van der Waals surface area contributed by atoms with Crippen LogP contribution in [-0.2, 0) is 4.79 Å². The summed E-state index contributed by atoms with van der Waals surface area (Å²) in [6, 6.07) is 16.8. The van der Waals surface area contributed by atoms with Gasteiger partial charge in [0, 0.05) is 31.7 Å². The molecule has 0 spiro atoms. The number of amides is 2. The lowest BCUT2D eigenvalue weighted by Crippen LogP contribution is -2.55. The first-order chi connectivity index (χ1) is 15.6. The Balaban J connectivity index is 1.24. The van der Waals surface area contributed by atoms with E-state index in [0.717, 1.165) is 5.56 Å². The normalized spacial score (nSPS) is 17.8. The van der Waals surface area contributed by atoms with E-state index in [1.165, 1.54) is 0 Å². The number of aryl methyl sites for hydroxylation is 1. The van der Waals surface area contributed by atoms with E-state index in [1.54, 1.807) is 22.8 Å². The Morgan fingerprint density at radius 2 is 1.56 bits per heavy atom. The number of piperazine rings is 1. The lowest BCUT2D eigenvalue weighted by molar-refractivity contribution is -0.142. The molecule has 8 heteroatoms. The number of aromatic nitrogens is 1. The minimum atomic E-state index is -0.683. The lowest BCUT2D eigenvalue weighted by atomic mass is 10.0. The predicted octanol–water partition coefficient (Wildman–Crippen LogP) is 2.77. The molecule has 1 atom stereocenters. The molecule has 1 aromatic heterocycles. The number of rotatable bonds is 3. The van der Waals surface area contributed by atoms with Gasteiger partial charge < -0.3 is 23.8 Å². The zero-order chi connectivity index (χ0) is 22.1. The van der Waals surface area contributed by atoms with Gasteiger partial charge in [-0.05, 0) is 19.1 Å². The molecule has 0 radical (unpaired) electrons. The van der Waals surface area contributed by atoms with E-state index in [2.05, 4.69) is 5.16 Å². The summed E-state index contributed by atoms with van der Waals surface area (Å²) in [5, 5.41) is 4.11. The molecule has 0 bridgehead atoms. The molecule has 1 fully saturated rings. The number of carbonyl (C=O) groups excluding carboxylic acids is 2. The SMILES string of the molecule is Cc1onc(-c2ccccc2)c1C(=O)N1CCN(C(=O)[C@H]2COc3ccccc3O2)CC1. The number of fused-ring (bicyclic) bond motifs is 1. The Hall–Kier alpha value is -3.81. The molecule has 0 aliphatic carbocycles. The molecule has 32 heavy (non-hydrogen) atoms. The van der Waals surface area contributed by atoms with Crippen LogP contribution < -0.4 is 9.47 Å². The highest BCUT2D eigenvalue weighted by Gasteiger charge is 2.34. The van der Waals surface area contributed by atoms with Crippen molar-refractivity contribution < 1.29 is 23.6 Å². The largest absolute Gasteiger partial charge is 0.485 e. The van der Waals surface area contributed by atoms with Gasteiger partial charge in [-0.1, -0.05) is 47.6 Å². The maximum absolute atomic E-state index is 13.3. The number of ether oxygens (including phenoxy) is 2. The third-order valence-electron chi connectivity index (χ3n) is 5.79. The predicted molar refractivity (Wildman–Crippen MR) is 116 cm³/mol. The molecule has 1 saturated heterocycles. The summed E-state index contributed by atoms with van der Waals surface area (Å²) in [5.74, 6) is 1.44. The van der Waals surface area contributed by atoms with Crippen LogP contribution in [0.2, 0.25) is 0 Å². The highest BCUT2D eigenvalue weighted by molar-refractivity contribution is 6.01. The van der Waals surface area contributed by atoms with E-state index >= 15 is 0 Å². The molecule has 0 saturated carbocycles. The fourth-order valence-electron chi connectivity index (χ4n) is 4.05. The number of benzene rings is 2. The molecule has 3 aromatic rings. The van der Waals surface area contributed by atoms with Crippen molar-refractivity contribution in [2.45, 2.75) is 13.0 Å². The van der Waals surface area contributed by atoms with E-state index in [1.807, 2.05) is 48.5 Å². The van der Waals surface area contributed by atoms with Crippen LogP contribution in [0.5, 0.6) is 11.5 Å². The molecule has 5 rings (SSSR count). The Bertz CT molecular complexity index is 1140. The van der Waals surface area contributed by atoms with Crippen LogP contribution in [0.1, 0.15) is 16.1 Å². The molecule has 3 heterocycles. The highest BCUT2D eigenvalue weighted by Crippen LogP contribution is 2.31. The summed E-state index contributed by atoms with van der Waals surface area (Å²) in [6.07, 6.45) is -0.683. The second kappa shape index (κ2) is 8.37. The van der Waals surface area contributed by atoms with Gasteiger partial charge >= 0.3 is 0 Å². The average molecular weight is 433 g/mol. The molecule has 8 nitrogen and oxygen atoms in total. The average Bonchev–Trinajstić information content (AvgIpc) is 3.24. The van der Waals surface area contributed by atoms with Crippen LogP contribution in [0.15, 0.2) is 59.1 Å². The van der Waals surface area contributed by atoms with Crippen molar-refractivity contribution in [3.05, 3.63) is 65.9 Å². The molecule has 2 aliphatic heterocycles. The van der Waals surface area contributed by atoms with E-state index in [-0.39, 0.29) is 18.4 Å². The van der Waals surface area contributed by atoms with Gasteiger partial charge in [-0.2, -0.15) is 0 Å². The van der Waals surface area contributed by atoms with Gasteiger partial charge in [0.2, 0.25) is 6.10 Å². The lowest BCUT2D eigenvalue weighted by Gasteiger charge is -2.37. The van der Waals surface area contributed by atoms with Gasteiger partial charge in [0.15, 0.2) is 11.5 Å². The summed E-state index contributed by atoms with van der Waals surface area (Å²) >= 11 is 0. The summed E-state index contributed by atoms with van der Waals surface area (Å²) in [4.78, 5) is 29.7. The van der Waals surface area contributed by atoms with Crippen molar-refractivity contribution in [2.24, 2.45) is 0 Å². The highest BCUT2D eigenvalue weighted by atomic mass is 16.6. The zero-order valence-electron chi connectivity index (χ0n) is 17.7. The quantitative estimate of drug-likeness (QED) is 0.632. The first-order valence-electron chi connectivity index (χ1n) is 10.6. The topological polar surface area (TPSA) is 85.1 Å². The van der Waals surface area contributed by atoms with Crippen LogP contribution in [0.25, 0.3) is 11.3 Å². The molecule has 2 aromatic carbocycles. The summed E-state index contributed by atoms with van der Waals surface area (Å²) in [6.45, 7) is 3.62. The molecule has 2 aliphatic rings. The van der Waals surface area contributed by atoms with Gasteiger partial charge in [0.25, 0.3) is 11.8 Å². The smallest absolute Gasteiger partial charge is 0.267 e. The number of hydrogen-bond acceptors (Lipinski definition) is 6. The van der Waals surface area contributed by atoms with Crippen molar-refractivity contribution in [3.8, 4) is 22.8 Å². The standard InChI is InChI=1S/C24H23N3O5/c1-16-21(22(25-32-16)17-7-3-2-4-8-17)24(29)27-13-11-26(12-14-27)23(28)20-15-30-18-9-5-6-10-19(18)31-20/h2-10,20H,11-15H2,1H3/t20-/m1/s1. The third kappa shape index (κ3) is 3.68. The first kappa shape index (κ1) is 20.1. The molecule has 0 N–H and O–H groups in total. The van der Waals surface area contributed by atoms with Gasteiger partial charge in [-0.25, -0.2) is 0 Å². The molecule has 0 unspecified atom stereocenters. The monoisotopic (exact) mass is 433 g/mol.